The predicted molar refractivity (Wildman–Crippen MR) is 60.8 cm³/mol. The zero-order valence-corrected chi connectivity index (χ0v) is 10.2. The second kappa shape index (κ2) is 5.07. The number of carbonyl (C=O) groups excluding carboxylic acids is 1. The highest BCUT2D eigenvalue weighted by Crippen LogP contribution is 2.21. The van der Waals surface area contributed by atoms with Crippen molar-refractivity contribution in [1.82, 2.24) is 9.88 Å². The Balaban J connectivity index is 2.76. The van der Waals surface area contributed by atoms with Gasteiger partial charge in [0, 0.05) is 13.0 Å². The third kappa shape index (κ3) is 3.03. The molecule has 0 atom stereocenters. The molecule has 0 aromatic carbocycles. The summed E-state index contributed by atoms with van der Waals surface area (Å²) in [6, 6.07) is 0. The molecule has 0 spiro atoms. The predicted octanol–water partition coefficient (Wildman–Crippen LogP) is 1.42. The monoisotopic (exact) mass is 242 g/mol. The van der Waals surface area contributed by atoms with Crippen LogP contribution in [0.25, 0.3) is 0 Å². The molecule has 0 radical (unpaired) electrons. The second-order valence-electron chi connectivity index (χ2n) is 3.77. The highest BCUT2D eigenvalue weighted by atomic mass is 32.1. The van der Waals surface area contributed by atoms with Crippen LogP contribution in [0.2, 0.25) is 0 Å². The van der Waals surface area contributed by atoms with Gasteiger partial charge in [-0.25, -0.2) is 4.98 Å². The van der Waals surface area contributed by atoms with Gasteiger partial charge in [0.05, 0.1) is 11.2 Å². The van der Waals surface area contributed by atoms with Gasteiger partial charge in [-0.1, -0.05) is 13.8 Å². The number of nitrogens with zero attached hydrogens (tertiary/aromatic N) is 2. The summed E-state index contributed by atoms with van der Waals surface area (Å²) in [6.07, 6.45) is 1.50. The van der Waals surface area contributed by atoms with E-state index in [-0.39, 0.29) is 18.4 Å². The number of hydrogen-bond donors (Lipinski definition) is 1. The molecule has 0 saturated heterocycles. The Labute approximate surface area is 97.7 Å². The number of aromatic nitrogens is 1. The molecular formula is C10H14N2O3S. The van der Waals surface area contributed by atoms with Crippen LogP contribution in [0.4, 0.5) is 0 Å². The molecule has 5 nitrogen and oxygen atoms in total. The quantitative estimate of drug-likeness (QED) is 0.867. The first-order chi connectivity index (χ1) is 7.41. The van der Waals surface area contributed by atoms with E-state index >= 15 is 0 Å². The van der Waals surface area contributed by atoms with E-state index in [9.17, 15) is 9.59 Å². The summed E-state index contributed by atoms with van der Waals surface area (Å²) in [5, 5.41) is 9.45. The van der Waals surface area contributed by atoms with E-state index in [1.165, 1.54) is 29.5 Å². The SMILES string of the molecule is CC(C)c1ncc(C(=O)N(C)CC(=O)O)s1. The lowest BCUT2D eigenvalue weighted by Crippen LogP contribution is -2.31. The van der Waals surface area contributed by atoms with E-state index in [0.29, 0.717) is 4.88 Å². The Bertz CT molecular complexity index is 401. The largest absolute Gasteiger partial charge is 0.480 e. The van der Waals surface area contributed by atoms with E-state index in [1.54, 1.807) is 0 Å². The fourth-order valence-electron chi connectivity index (χ4n) is 1.12. The Hall–Kier alpha value is -1.43. The van der Waals surface area contributed by atoms with Crippen LogP contribution >= 0.6 is 11.3 Å². The van der Waals surface area contributed by atoms with Crippen molar-refractivity contribution in [1.29, 1.82) is 0 Å². The molecule has 0 bridgehead atoms. The summed E-state index contributed by atoms with van der Waals surface area (Å²) in [5.41, 5.74) is 0. The number of carboxylic acids is 1. The fourth-order valence-corrected chi connectivity index (χ4v) is 2.03. The number of amides is 1. The number of aliphatic carboxylic acids is 1. The third-order valence-electron chi connectivity index (χ3n) is 1.95. The third-order valence-corrected chi connectivity index (χ3v) is 3.23. The van der Waals surface area contributed by atoms with Gasteiger partial charge in [0.2, 0.25) is 0 Å². The van der Waals surface area contributed by atoms with E-state index in [1.807, 2.05) is 13.8 Å². The molecule has 1 amide bonds. The molecule has 0 aliphatic carbocycles. The van der Waals surface area contributed by atoms with Crippen LogP contribution in [0.1, 0.15) is 34.4 Å². The summed E-state index contributed by atoms with van der Waals surface area (Å²) in [7, 11) is 1.46. The van der Waals surface area contributed by atoms with E-state index in [2.05, 4.69) is 4.98 Å². The van der Waals surface area contributed by atoms with Crippen molar-refractivity contribution in [3.8, 4) is 0 Å². The van der Waals surface area contributed by atoms with Crippen molar-refractivity contribution in [2.45, 2.75) is 19.8 Å². The Morgan fingerprint density at radius 1 is 1.56 bits per heavy atom. The summed E-state index contributed by atoms with van der Waals surface area (Å²) >= 11 is 1.31. The number of hydrogen-bond acceptors (Lipinski definition) is 4. The van der Waals surface area contributed by atoms with Gasteiger partial charge in [-0.2, -0.15) is 0 Å². The number of thiazole rings is 1. The minimum atomic E-state index is -1.02. The highest BCUT2D eigenvalue weighted by molar-refractivity contribution is 7.13. The van der Waals surface area contributed by atoms with Crippen molar-refractivity contribution in [2.24, 2.45) is 0 Å². The van der Waals surface area contributed by atoms with Crippen LogP contribution in [-0.4, -0.2) is 40.5 Å². The molecular weight excluding hydrogens is 228 g/mol. The summed E-state index contributed by atoms with van der Waals surface area (Å²) in [6.45, 7) is 3.69. The first kappa shape index (κ1) is 12.6. The van der Waals surface area contributed by atoms with Gasteiger partial charge < -0.3 is 10.0 Å². The maximum Gasteiger partial charge on any atom is 0.323 e. The van der Waals surface area contributed by atoms with E-state index in [0.717, 1.165) is 5.01 Å². The molecule has 1 N–H and O–H groups in total. The average Bonchev–Trinajstić information content (AvgIpc) is 2.64. The molecule has 0 fully saturated rings. The average molecular weight is 242 g/mol. The van der Waals surface area contributed by atoms with Crippen molar-refractivity contribution in [2.75, 3.05) is 13.6 Å². The molecule has 1 heterocycles. The molecule has 1 aromatic rings. The van der Waals surface area contributed by atoms with Gasteiger partial charge in [0.15, 0.2) is 0 Å². The highest BCUT2D eigenvalue weighted by Gasteiger charge is 2.17. The van der Waals surface area contributed by atoms with Crippen LogP contribution in [-0.2, 0) is 4.79 Å². The van der Waals surface area contributed by atoms with Crippen LogP contribution < -0.4 is 0 Å². The van der Waals surface area contributed by atoms with E-state index in [4.69, 9.17) is 5.11 Å². The molecule has 88 valence electrons. The molecule has 16 heavy (non-hydrogen) atoms. The van der Waals surface area contributed by atoms with Crippen molar-refractivity contribution < 1.29 is 14.7 Å². The lowest BCUT2D eigenvalue weighted by molar-refractivity contribution is -0.137. The topological polar surface area (TPSA) is 70.5 Å². The molecule has 1 aromatic heterocycles. The normalized spacial score (nSPS) is 10.5. The Morgan fingerprint density at radius 3 is 2.62 bits per heavy atom. The minimum absolute atomic E-state index is 0.274. The van der Waals surface area contributed by atoms with Crippen molar-refractivity contribution >= 4 is 23.2 Å². The molecule has 6 heteroatoms. The summed E-state index contributed by atoms with van der Waals surface area (Å²) in [5.74, 6) is -1.05. The van der Waals surface area contributed by atoms with Gasteiger partial charge in [-0.05, 0) is 0 Å². The van der Waals surface area contributed by atoms with Gasteiger partial charge in [-0.3, -0.25) is 9.59 Å². The zero-order valence-electron chi connectivity index (χ0n) is 9.43. The van der Waals surface area contributed by atoms with Gasteiger partial charge in [0.25, 0.3) is 5.91 Å². The molecule has 1 rings (SSSR count). The van der Waals surface area contributed by atoms with Gasteiger partial charge in [0.1, 0.15) is 11.4 Å². The molecule has 0 saturated carbocycles. The minimum Gasteiger partial charge on any atom is -0.480 e. The first-order valence-electron chi connectivity index (χ1n) is 4.84. The van der Waals surface area contributed by atoms with Crippen LogP contribution in [0.5, 0.6) is 0 Å². The smallest absolute Gasteiger partial charge is 0.323 e. The Morgan fingerprint density at radius 2 is 2.19 bits per heavy atom. The van der Waals surface area contributed by atoms with Crippen LogP contribution in [0.3, 0.4) is 0 Å². The second-order valence-corrected chi connectivity index (χ2v) is 4.83. The number of rotatable bonds is 4. The summed E-state index contributed by atoms with van der Waals surface area (Å²) in [4.78, 5) is 28.0. The standard InChI is InChI=1S/C10H14N2O3S/c1-6(2)9-11-4-7(16-9)10(15)12(3)5-8(13)14/h4,6H,5H2,1-3H3,(H,13,14). The van der Waals surface area contributed by atoms with Crippen LogP contribution in [0, 0.1) is 0 Å². The molecule has 0 aliphatic rings. The maximum atomic E-state index is 11.7. The molecule has 0 aliphatic heterocycles. The molecule has 0 unspecified atom stereocenters. The van der Waals surface area contributed by atoms with Crippen molar-refractivity contribution in [3.05, 3.63) is 16.1 Å². The van der Waals surface area contributed by atoms with Crippen molar-refractivity contribution in [3.63, 3.8) is 0 Å². The summed E-state index contributed by atoms with van der Waals surface area (Å²) < 4.78 is 0. The van der Waals surface area contributed by atoms with Gasteiger partial charge >= 0.3 is 5.97 Å². The number of likely N-dealkylation sites (N-methyl/N-ethyl adjacent to an activating group) is 1. The van der Waals surface area contributed by atoms with E-state index < -0.39 is 5.97 Å². The van der Waals surface area contributed by atoms with Gasteiger partial charge in [-0.15, -0.1) is 11.3 Å². The lowest BCUT2D eigenvalue weighted by Gasteiger charge is -2.12. The fraction of sp³-hybridized carbons (Fsp3) is 0.500. The zero-order chi connectivity index (χ0) is 12.3. The maximum absolute atomic E-state index is 11.7. The number of carboxylic acid groups (broad SMARTS) is 1. The van der Waals surface area contributed by atoms with Crippen LogP contribution in [0.15, 0.2) is 6.20 Å². The number of carbonyl (C=O) groups is 2. The Kier molecular flexibility index (Phi) is 4.00. The first-order valence-corrected chi connectivity index (χ1v) is 5.66. The lowest BCUT2D eigenvalue weighted by atomic mass is 10.2.